The first kappa shape index (κ1) is 15.9. The Morgan fingerprint density at radius 1 is 1.29 bits per heavy atom. The van der Waals surface area contributed by atoms with Gasteiger partial charge in [-0.25, -0.2) is 23.1 Å². The van der Waals surface area contributed by atoms with Gasteiger partial charge in [0.25, 0.3) is 0 Å². The molecule has 1 fully saturated rings. The van der Waals surface area contributed by atoms with Crippen molar-refractivity contribution < 1.29 is 13.2 Å². The average molecular weight is 315 g/mol. The highest BCUT2D eigenvalue weighted by Crippen LogP contribution is 2.14. The third-order valence-electron chi connectivity index (χ3n) is 3.12. The first-order chi connectivity index (χ1) is 10.1. The molecule has 0 bridgehead atoms. The zero-order valence-electron chi connectivity index (χ0n) is 12.1. The van der Waals surface area contributed by atoms with Gasteiger partial charge in [-0.3, -0.25) is 0 Å². The summed E-state index contributed by atoms with van der Waals surface area (Å²) in [5.74, 6) is 1.62. The summed E-state index contributed by atoms with van der Waals surface area (Å²) in [5.41, 5.74) is 0. The summed E-state index contributed by atoms with van der Waals surface area (Å²) >= 11 is 0. The van der Waals surface area contributed by atoms with E-state index < -0.39 is 10.0 Å². The van der Waals surface area contributed by atoms with Crippen molar-refractivity contribution in [2.24, 2.45) is 0 Å². The van der Waals surface area contributed by atoms with Crippen molar-refractivity contribution in [2.45, 2.75) is 6.92 Å². The first-order valence-corrected chi connectivity index (χ1v) is 8.62. The Hall–Kier alpha value is -1.45. The van der Waals surface area contributed by atoms with E-state index >= 15 is 0 Å². The molecule has 1 aliphatic rings. The molecule has 9 heteroatoms. The van der Waals surface area contributed by atoms with Gasteiger partial charge in [-0.05, 0) is 6.92 Å². The minimum absolute atomic E-state index is 0.0850. The fraction of sp³-hybridized carbons (Fsp3) is 0.667. The molecule has 0 unspecified atom stereocenters. The van der Waals surface area contributed by atoms with Crippen molar-refractivity contribution in [3.63, 3.8) is 0 Å². The first-order valence-electron chi connectivity index (χ1n) is 6.96. The van der Waals surface area contributed by atoms with Gasteiger partial charge in [0.05, 0.1) is 19.0 Å². The van der Waals surface area contributed by atoms with Crippen LogP contribution in [0.2, 0.25) is 0 Å². The normalized spacial score (nSPS) is 16.0. The van der Waals surface area contributed by atoms with Crippen molar-refractivity contribution in [1.29, 1.82) is 0 Å². The second kappa shape index (κ2) is 7.53. The Bertz CT molecular complexity index is 546. The minimum Gasteiger partial charge on any atom is -0.378 e. The predicted octanol–water partition coefficient (Wildman–Crippen LogP) is -0.336. The van der Waals surface area contributed by atoms with Gasteiger partial charge in [0.1, 0.15) is 18.0 Å². The fourth-order valence-corrected chi connectivity index (χ4v) is 2.53. The number of nitrogens with one attached hydrogen (secondary N) is 2. The van der Waals surface area contributed by atoms with Crippen molar-refractivity contribution in [3.05, 3.63) is 12.4 Å². The molecule has 2 N–H and O–H groups in total. The van der Waals surface area contributed by atoms with E-state index in [4.69, 9.17) is 4.74 Å². The molecule has 0 saturated carbocycles. The summed E-state index contributed by atoms with van der Waals surface area (Å²) in [6.45, 7) is 5.43. The highest BCUT2D eigenvalue weighted by Gasteiger charge is 2.13. The number of hydrogen-bond donors (Lipinski definition) is 2. The standard InChI is InChI=1S/C12H21N5O3S/c1-2-21(18,19)16-4-3-13-11-9-12(15-10-14-11)17-5-7-20-8-6-17/h9-10,16H,2-8H2,1H3,(H,13,14,15). The Morgan fingerprint density at radius 3 is 2.76 bits per heavy atom. The van der Waals surface area contributed by atoms with E-state index in [0.29, 0.717) is 32.1 Å². The van der Waals surface area contributed by atoms with Gasteiger partial charge >= 0.3 is 0 Å². The predicted molar refractivity (Wildman–Crippen MR) is 81.0 cm³/mol. The van der Waals surface area contributed by atoms with E-state index in [-0.39, 0.29) is 5.75 Å². The molecule has 21 heavy (non-hydrogen) atoms. The summed E-state index contributed by atoms with van der Waals surface area (Å²) in [6, 6.07) is 1.86. The van der Waals surface area contributed by atoms with Gasteiger partial charge < -0.3 is 15.0 Å². The Kier molecular flexibility index (Phi) is 5.71. The largest absolute Gasteiger partial charge is 0.378 e. The van der Waals surface area contributed by atoms with Gasteiger partial charge in [0.15, 0.2) is 0 Å². The Balaban J connectivity index is 1.83. The number of sulfonamides is 1. The fourth-order valence-electron chi connectivity index (χ4n) is 1.91. The quantitative estimate of drug-likeness (QED) is 0.665. The van der Waals surface area contributed by atoms with Crippen molar-refractivity contribution in [1.82, 2.24) is 14.7 Å². The minimum atomic E-state index is -3.14. The third kappa shape index (κ3) is 5.10. The molecule has 1 aliphatic heterocycles. The zero-order chi connectivity index (χ0) is 15.1. The molecular weight excluding hydrogens is 294 g/mol. The highest BCUT2D eigenvalue weighted by atomic mass is 32.2. The number of ether oxygens (including phenoxy) is 1. The van der Waals surface area contributed by atoms with E-state index in [2.05, 4.69) is 24.9 Å². The van der Waals surface area contributed by atoms with Crippen LogP contribution in [0.1, 0.15) is 6.92 Å². The SMILES string of the molecule is CCS(=O)(=O)NCCNc1cc(N2CCOCC2)ncn1. The van der Waals surface area contributed by atoms with E-state index in [0.717, 1.165) is 18.9 Å². The lowest BCUT2D eigenvalue weighted by atomic mass is 10.4. The number of anilines is 2. The van der Waals surface area contributed by atoms with Crippen molar-refractivity contribution in [2.75, 3.05) is 55.4 Å². The summed E-state index contributed by atoms with van der Waals surface area (Å²) in [4.78, 5) is 10.5. The van der Waals surface area contributed by atoms with Crippen LogP contribution in [0.25, 0.3) is 0 Å². The number of rotatable bonds is 7. The van der Waals surface area contributed by atoms with E-state index in [1.807, 2.05) is 6.07 Å². The van der Waals surface area contributed by atoms with Gasteiger partial charge in [0.2, 0.25) is 10.0 Å². The zero-order valence-corrected chi connectivity index (χ0v) is 12.9. The van der Waals surface area contributed by atoms with Crippen LogP contribution < -0.4 is 14.9 Å². The van der Waals surface area contributed by atoms with Crippen LogP contribution in [0.15, 0.2) is 12.4 Å². The molecule has 2 rings (SSSR count). The summed E-state index contributed by atoms with van der Waals surface area (Å²) in [7, 11) is -3.14. The molecule has 2 heterocycles. The molecule has 118 valence electrons. The molecule has 0 aromatic carbocycles. The van der Waals surface area contributed by atoms with Crippen LogP contribution in [-0.4, -0.2) is 63.5 Å². The van der Waals surface area contributed by atoms with Gasteiger partial charge in [-0.15, -0.1) is 0 Å². The lowest BCUT2D eigenvalue weighted by molar-refractivity contribution is 0.122. The Labute approximate surface area is 125 Å². The second-order valence-corrected chi connectivity index (χ2v) is 6.68. The number of nitrogens with zero attached hydrogens (tertiary/aromatic N) is 3. The van der Waals surface area contributed by atoms with Crippen LogP contribution in [-0.2, 0) is 14.8 Å². The maximum absolute atomic E-state index is 11.3. The highest BCUT2D eigenvalue weighted by molar-refractivity contribution is 7.89. The van der Waals surface area contributed by atoms with Crippen LogP contribution in [0.4, 0.5) is 11.6 Å². The second-order valence-electron chi connectivity index (χ2n) is 4.59. The molecule has 1 aromatic heterocycles. The van der Waals surface area contributed by atoms with E-state index in [1.54, 1.807) is 6.92 Å². The van der Waals surface area contributed by atoms with Crippen LogP contribution in [0.3, 0.4) is 0 Å². The molecule has 0 amide bonds. The van der Waals surface area contributed by atoms with Gasteiger partial charge in [-0.1, -0.05) is 0 Å². The van der Waals surface area contributed by atoms with Crippen LogP contribution in [0.5, 0.6) is 0 Å². The molecule has 8 nitrogen and oxygen atoms in total. The van der Waals surface area contributed by atoms with Crippen LogP contribution >= 0.6 is 0 Å². The summed E-state index contributed by atoms with van der Waals surface area (Å²) < 4.78 is 30.4. The van der Waals surface area contributed by atoms with E-state index in [9.17, 15) is 8.42 Å². The topological polar surface area (TPSA) is 96.5 Å². The molecule has 1 aromatic rings. The Morgan fingerprint density at radius 2 is 2.05 bits per heavy atom. The molecule has 0 atom stereocenters. The lowest BCUT2D eigenvalue weighted by Crippen LogP contribution is -2.36. The van der Waals surface area contributed by atoms with Crippen LogP contribution in [0, 0.1) is 0 Å². The number of aromatic nitrogens is 2. The summed E-state index contributed by atoms with van der Waals surface area (Å²) in [6.07, 6.45) is 1.50. The van der Waals surface area contributed by atoms with Gasteiger partial charge in [0, 0.05) is 32.2 Å². The average Bonchev–Trinajstić information content (AvgIpc) is 2.53. The van der Waals surface area contributed by atoms with Gasteiger partial charge in [-0.2, -0.15) is 0 Å². The van der Waals surface area contributed by atoms with Crippen molar-refractivity contribution in [3.8, 4) is 0 Å². The van der Waals surface area contributed by atoms with Crippen molar-refractivity contribution >= 4 is 21.7 Å². The lowest BCUT2D eigenvalue weighted by Gasteiger charge is -2.27. The maximum atomic E-state index is 11.3. The third-order valence-corrected chi connectivity index (χ3v) is 4.52. The monoisotopic (exact) mass is 315 g/mol. The smallest absolute Gasteiger partial charge is 0.211 e. The molecule has 0 aliphatic carbocycles. The summed E-state index contributed by atoms with van der Waals surface area (Å²) in [5, 5.41) is 3.08. The molecule has 0 spiro atoms. The molecule has 1 saturated heterocycles. The molecular formula is C12H21N5O3S. The van der Waals surface area contributed by atoms with E-state index in [1.165, 1.54) is 6.33 Å². The molecule has 0 radical (unpaired) electrons. The number of morpholine rings is 1. The maximum Gasteiger partial charge on any atom is 0.211 e. The number of hydrogen-bond acceptors (Lipinski definition) is 7.